The van der Waals surface area contributed by atoms with Gasteiger partial charge in [-0.2, -0.15) is 0 Å². The highest BCUT2D eigenvalue weighted by Crippen LogP contribution is 2.39. The van der Waals surface area contributed by atoms with Crippen LogP contribution in [0.2, 0.25) is 0 Å². The Morgan fingerprint density at radius 1 is 1.08 bits per heavy atom. The number of hydrogen-bond donors (Lipinski definition) is 2. The van der Waals surface area contributed by atoms with Gasteiger partial charge in [0.05, 0.1) is 12.8 Å². The smallest absolute Gasteiger partial charge is 0.321 e. The van der Waals surface area contributed by atoms with Crippen molar-refractivity contribution in [2.45, 2.75) is 44.2 Å². The van der Waals surface area contributed by atoms with Crippen LogP contribution in [0.3, 0.4) is 0 Å². The molecule has 0 radical (unpaired) electrons. The first-order valence-electron chi connectivity index (χ1n) is 13.1. The van der Waals surface area contributed by atoms with Crippen molar-refractivity contribution in [3.05, 3.63) is 60.2 Å². The fourth-order valence-electron chi connectivity index (χ4n) is 5.59. The van der Waals surface area contributed by atoms with Crippen LogP contribution in [0.5, 0.6) is 0 Å². The summed E-state index contributed by atoms with van der Waals surface area (Å²) in [4.78, 5) is 45.0. The number of nitrogens with zero attached hydrogens (tertiary/aromatic N) is 3. The molecule has 9 nitrogen and oxygen atoms in total. The fraction of sp³-hybridized carbons (Fsp3) is 0.464. The maximum atomic E-state index is 13.8. The molecule has 0 aliphatic carbocycles. The fourth-order valence-corrected chi connectivity index (χ4v) is 5.59. The quantitative estimate of drug-likeness (QED) is 0.630. The van der Waals surface area contributed by atoms with E-state index in [0.717, 1.165) is 36.4 Å². The van der Waals surface area contributed by atoms with Gasteiger partial charge in [-0.1, -0.05) is 30.3 Å². The number of likely N-dealkylation sites (tertiary alicyclic amines) is 1. The van der Waals surface area contributed by atoms with Gasteiger partial charge in [-0.15, -0.1) is 0 Å². The molecule has 3 aliphatic rings. The van der Waals surface area contributed by atoms with Crippen molar-refractivity contribution in [1.29, 1.82) is 0 Å². The molecule has 2 aromatic carbocycles. The summed E-state index contributed by atoms with van der Waals surface area (Å²) in [5, 5.41) is 5.90. The van der Waals surface area contributed by atoms with Crippen molar-refractivity contribution in [2.75, 3.05) is 49.7 Å². The molecule has 3 aliphatic heterocycles. The third-order valence-electron chi connectivity index (χ3n) is 7.61. The molecule has 0 saturated carbocycles. The lowest BCUT2D eigenvalue weighted by molar-refractivity contribution is -0.137. The Labute approximate surface area is 217 Å². The van der Waals surface area contributed by atoms with Crippen LogP contribution in [0.4, 0.5) is 16.2 Å². The van der Waals surface area contributed by atoms with Crippen molar-refractivity contribution in [2.24, 2.45) is 0 Å². The van der Waals surface area contributed by atoms with E-state index < -0.39 is 5.54 Å². The molecule has 2 N–H and O–H groups in total. The number of urea groups is 1. The normalized spacial score (nSPS) is 20.9. The lowest BCUT2D eigenvalue weighted by Crippen LogP contribution is -2.58. The minimum atomic E-state index is -0.781. The summed E-state index contributed by atoms with van der Waals surface area (Å²) in [6, 6.07) is 17.4. The molecule has 0 aromatic heterocycles. The van der Waals surface area contributed by atoms with E-state index in [1.54, 1.807) is 9.80 Å². The number of carbonyl (C=O) groups is 3. The van der Waals surface area contributed by atoms with Gasteiger partial charge in [0.1, 0.15) is 12.1 Å². The Morgan fingerprint density at radius 2 is 1.86 bits per heavy atom. The van der Waals surface area contributed by atoms with Crippen molar-refractivity contribution in [1.82, 2.24) is 15.1 Å². The summed E-state index contributed by atoms with van der Waals surface area (Å²) in [6.07, 6.45) is 3.01. The SMILES string of the molecule is Cc1cccc(NC(=O)N2CCC3(CC2)C(=O)N(CC(=O)NC[C@H]2CCCO2)CN3c2ccccc2)c1. The lowest BCUT2D eigenvalue weighted by Gasteiger charge is -2.43. The number of piperidine rings is 1. The number of carbonyl (C=O) groups excluding carboxylic acids is 3. The summed E-state index contributed by atoms with van der Waals surface area (Å²) in [7, 11) is 0. The minimum absolute atomic E-state index is 0.00813. The first kappa shape index (κ1) is 25.1. The van der Waals surface area contributed by atoms with Crippen LogP contribution in [0.1, 0.15) is 31.2 Å². The molecular formula is C28H35N5O4. The molecule has 3 saturated heterocycles. The highest BCUT2D eigenvalue weighted by Gasteiger charge is 2.54. The first-order chi connectivity index (χ1) is 17.9. The predicted octanol–water partition coefficient (Wildman–Crippen LogP) is 2.96. The summed E-state index contributed by atoms with van der Waals surface area (Å²) >= 11 is 0. The van der Waals surface area contributed by atoms with E-state index in [-0.39, 0.29) is 30.5 Å². The van der Waals surface area contributed by atoms with E-state index in [1.807, 2.05) is 61.5 Å². The van der Waals surface area contributed by atoms with E-state index in [9.17, 15) is 14.4 Å². The van der Waals surface area contributed by atoms with Gasteiger partial charge >= 0.3 is 6.03 Å². The zero-order valence-corrected chi connectivity index (χ0v) is 21.3. The van der Waals surface area contributed by atoms with Crippen LogP contribution in [0.25, 0.3) is 0 Å². The third-order valence-corrected chi connectivity index (χ3v) is 7.61. The molecule has 9 heteroatoms. The third kappa shape index (κ3) is 5.41. The monoisotopic (exact) mass is 505 g/mol. The Morgan fingerprint density at radius 3 is 2.57 bits per heavy atom. The number of rotatable bonds is 6. The number of nitrogens with one attached hydrogen (secondary N) is 2. The number of aryl methyl sites for hydroxylation is 1. The molecular weight excluding hydrogens is 470 g/mol. The number of hydrogen-bond acceptors (Lipinski definition) is 5. The van der Waals surface area contributed by atoms with Crippen LogP contribution < -0.4 is 15.5 Å². The van der Waals surface area contributed by atoms with Crippen molar-refractivity contribution >= 4 is 29.2 Å². The number of ether oxygens (including phenoxy) is 1. The summed E-state index contributed by atoms with van der Waals surface area (Å²) in [6.45, 7) is 4.44. The van der Waals surface area contributed by atoms with Crippen LogP contribution in [0.15, 0.2) is 54.6 Å². The minimum Gasteiger partial charge on any atom is -0.376 e. The summed E-state index contributed by atoms with van der Waals surface area (Å²) in [5.41, 5.74) is 1.99. The summed E-state index contributed by atoms with van der Waals surface area (Å²) < 4.78 is 5.59. The molecule has 1 atom stereocenters. The number of amides is 4. The number of anilines is 2. The maximum Gasteiger partial charge on any atom is 0.321 e. The highest BCUT2D eigenvalue weighted by molar-refractivity contribution is 5.97. The van der Waals surface area contributed by atoms with E-state index >= 15 is 0 Å². The zero-order chi connectivity index (χ0) is 25.8. The molecule has 196 valence electrons. The van der Waals surface area contributed by atoms with E-state index in [4.69, 9.17) is 4.74 Å². The zero-order valence-electron chi connectivity index (χ0n) is 21.3. The largest absolute Gasteiger partial charge is 0.376 e. The molecule has 2 aromatic rings. The Balaban J connectivity index is 1.26. The van der Waals surface area contributed by atoms with Crippen LogP contribution in [0, 0.1) is 6.92 Å². The van der Waals surface area contributed by atoms with Gasteiger partial charge < -0.3 is 30.1 Å². The second-order valence-corrected chi connectivity index (χ2v) is 10.2. The van der Waals surface area contributed by atoms with Gasteiger partial charge in [0.15, 0.2) is 0 Å². The van der Waals surface area contributed by atoms with Crippen molar-refractivity contribution < 1.29 is 19.1 Å². The van der Waals surface area contributed by atoms with Crippen LogP contribution in [-0.2, 0) is 14.3 Å². The molecule has 0 unspecified atom stereocenters. The molecule has 5 rings (SSSR count). The van der Waals surface area contributed by atoms with Crippen molar-refractivity contribution in [3.63, 3.8) is 0 Å². The Kier molecular flexibility index (Phi) is 7.32. The topological polar surface area (TPSA) is 94.2 Å². The molecule has 1 spiro atoms. The van der Waals surface area contributed by atoms with Gasteiger partial charge in [-0.05, 0) is 62.4 Å². The standard InChI is InChI=1S/C28H35N5O4/c1-21-7-5-8-22(17-21)30-27(36)31-14-12-28(13-15-31)26(35)32(20-33(28)23-9-3-2-4-10-23)19-25(34)29-18-24-11-6-16-37-24/h2-5,7-10,17,24H,6,11-16,18-20H2,1H3,(H,29,34)(H,30,36)/t24-/m1/s1. The molecule has 3 fully saturated rings. The Hall–Kier alpha value is -3.59. The van der Waals surface area contributed by atoms with Gasteiger partial charge in [-0.3, -0.25) is 9.59 Å². The van der Waals surface area contributed by atoms with Gasteiger partial charge in [0.25, 0.3) is 5.91 Å². The number of para-hydroxylation sites is 1. The van der Waals surface area contributed by atoms with Gasteiger partial charge in [0.2, 0.25) is 5.91 Å². The number of benzene rings is 2. The maximum absolute atomic E-state index is 13.8. The van der Waals surface area contributed by atoms with Crippen molar-refractivity contribution in [3.8, 4) is 0 Å². The highest BCUT2D eigenvalue weighted by atomic mass is 16.5. The Bertz CT molecular complexity index is 1130. The predicted molar refractivity (Wildman–Crippen MR) is 141 cm³/mol. The van der Waals surface area contributed by atoms with Crippen LogP contribution >= 0.6 is 0 Å². The molecule has 3 heterocycles. The molecule has 37 heavy (non-hydrogen) atoms. The second kappa shape index (κ2) is 10.8. The second-order valence-electron chi connectivity index (χ2n) is 10.2. The van der Waals surface area contributed by atoms with Gasteiger partial charge in [0, 0.05) is 37.6 Å². The first-order valence-corrected chi connectivity index (χ1v) is 13.1. The molecule has 0 bridgehead atoms. The van der Waals surface area contributed by atoms with E-state index in [2.05, 4.69) is 15.5 Å². The van der Waals surface area contributed by atoms with Crippen LogP contribution in [-0.4, -0.2) is 78.7 Å². The average Bonchev–Trinajstić information content (AvgIpc) is 3.52. The van der Waals surface area contributed by atoms with E-state index in [1.165, 1.54) is 0 Å². The van der Waals surface area contributed by atoms with Gasteiger partial charge in [-0.25, -0.2) is 4.79 Å². The molecule has 4 amide bonds. The lowest BCUT2D eigenvalue weighted by atomic mass is 9.85. The van der Waals surface area contributed by atoms with E-state index in [0.29, 0.717) is 39.1 Å². The summed E-state index contributed by atoms with van der Waals surface area (Å²) in [5.74, 6) is -0.230. The average molecular weight is 506 g/mol.